The van der Waals surface area contributed by atoms with Crippen molar-refractivity contribution in [2.75, 3.05) is 6.61 Å². The molecule has 1 unspecified atom stereocenters. The lowest BCUT2D eigenvalue weighted by Crippen LogP contribution is -2.41. The molecule has 1 atom stereocenters. The van der Waals surface area contributed by atoms with Crippen LogP contribution in [0.4, 0.5) is 13.2 Å². The molecule has 6 nitrogen and oxygen atoms in total. The number of aliphatic hydroxyl groups is 1. The number of amides is 1. The van der Waals surface area contributed by atoms with Gasteiger partial charge in [-0.05, 0) is 47.9 Å². The smallest absolute Gasteiger partial charge is 0.406 e. The molecule has 0 aliphatic heterocycles. The van der Waals surface area contributed by atoms with Gasteiger partial charge in [0.1, 0.15) is 11.4 Å². The van der Waals surface area contributed by atoms with Gasteiger partial charge in [0.2, 0.25) is 0 Å². The first kappa shape index (κ1) is 23.2. The predicted octanol–water partition coefficient (Wildman–Crippen LogP) is 4.21. The maximum absolute atomic E-state index is 13.0. The number of hydrogen-bond donors (Lipinski definition) is 2. The summed E-state index contributed by atoms with van der Waals surface area (Å²) in [6, 6.07) is 13.7. The Kier molecular flexibility index (Phi) is 6.75. The molecule has 168 valence electrons. The third kappa shape index (κ3) is 5.39. The van der Waals surface area contributed by atoms with E-state index < -0.39 is 18.3 Å². The number of aromatic nitrogens is 1. The first-order chi connectivity index (χ1) is 15.1. The molecule has 3 rings (SSSR count). The highest BCUT2D eigenvalue weighted by atomic mass is 19.4. The Hall–Kier alpha value is -3.51. The Morgan fingerprint density at radius 3 is 2.59 bits per heavy atom. The summed E-state index contributed by atoms with van der Waals surface area (Å²) in [5.41, 5.74) is 1.81. The van der Waals surface area contributed by atoms with Crippen molar-refractivity contribution in [3.8, 4) is 11.8 Å². The number of ether oxygens (including phenoxy) is 1. The van der Waals surface area contributed by atoms with Gasteiger partial charge in [-0.1, -0.05) is 26.0 Å². The van der Waals surface area contributed by atoms with Gasteiger partial charge in [-0.3, -0.25) is 4.79 Å². The van der Waals surface area contributed by atoms with Crippen molar-refractivity contribution in [3.05, 3.63) is 65.4 Å². The zero-order valence-electron chi connectivity index (χ0n) is 17.5. The van der Waals surface area contributed by atoms with Gasteiger partial charge in [-0.15, -0.1) is 13.2 Å². The zero-order valence-corrected chi connectivity index (χ0v) is 17.5. The highest BCUT2D eigenvalue weighted by Crippen LogP contribution is 2.26. The number of benzene rings is 2. The van der Waals surface area contributed by atoms with Crippen molar-refractivity contribution in [1.82, 2.24) is 9.88 Å². The first-order valence-electron chi connectivity index (χ1n) is 9.91. The van der Waals surface area contributed by atoms with Gasteiger partial charge in [0.15, 0.2) is 0 Å². The van der Waals surface area contributed by atoms with E-state index >= 15 is 0 Å². The van der Waals surface area contributed by atoms with Crippen LogP contribution in [0.3, 0.4) is 0 Å². The number of aliphatic hydroxyl groups excluding tert-OH is 1. The van der Waals surface area contributed by atoms with Crippen molar-refractivity contribution in [3.63, 3.8) is 0 Å². The Morgan fingerprint density at radius 2 is 1.97 bits per heavy atom. The van der Waals surface area contributed by atoms with E-state index in [0.717, 1.165) is 0 Å². The molecule has 9 heteroatoms. The molecule has 1 aromatic heterocycles. The Morgan fingerprint density at radius 1 is 1.22 bits per heavy atom. The van der Waals surface area contributed by atoms with Crippen LogP contribution in [0.1, 0.15) is 35.5 Å². The van der Waals surface area contributed by atoms with Crippen molar-refractivity contribution < 1.29 is 27.8 Å². The van der Waals surface area contributed by atoms with E-state index in [1.807, 2.05) is 19.9 Å². The van der Waals surface area contributed by atoms with Gasteiger partial charge in [-0.2, -0.15) is 5.26 Å². The van der Waals surface area contributed by atoms with Crippen molar-refractivity contribution in [1.29, 1.82) is 5.26 Å². The number of hydrogen-bond acceptors (Lipinski definition) is 4. The molecule has 0 saturated heterocycles. The van der Waals surface area contributed by atoms with Crippen LogP contribution in [-0.4, -0.2) is 34.6 Å². The molecule has 0 radical (unpaired) electrons. The number of fused-ring (bicyclic) bond motifs is 1. The summed E-state index contributed by atoms with van der Waals surface area (Å²) >= 11 is 0. The number of nitriles is 1. The van der Waals surface area contributed by atoms with Crippen LogP contribution >= 0.6 is 0 Å². The molecule has 3 aromatic rings. The molecule has 2 N–H and O–H groups in total. The lowest BCUT2D eigenvalue weighted by Gasteiger charge is -2.20. The van der Waals surface area contributed by atoms with Crippen LogP contribution in [0.15, 0.2) is 48.5 Å². The average molecular weight is 445 g/mol. The molecule has 0 saturated carbocycles. The summed E-state index contributed by atoms with van der Waals surface area (Å²) in [4.78, 5) is 13.0. The van der Waals surface area contributed by atoms with Crippen LogP contribution in [0.25, 0.3) is 10.9 Å². The maximum atomic E-state index is 13.0. The number of carbonyl (C=O) groups excluding carboxylic acids is 1. The summed E-state index contributed by atoms with van der Waals surface area (Å²) in [5, 5.41) is 22.2. The third-order valence-electron chi connectivity index (χ3n) is 5.05. The normalized spacial score (nSPS) is 12.6. The van der Waals surface area contributed by atoms with Crippen LogP contribution in [0, 0.1) is 17.2 Å². The van der Waals surface area contributed by atoms with E-state index in [0.29, 0.717) is 22.0 Å². The van der Waals surface area contributed by atoms with Gasteiger partial charge in [-0.25, -0.2) is 0 Å². The highest BCUT2D eigenvalue weighted by molar-refractivity contribution is 5.99. The fourth-order valence-corrected chi connectivity index (χ4v) is 3.39. The van der Waals surface area contributed by atoms with Crippen LogP contribution in [0.2, 0.25) is 0 Å². The molecule has 2 aromatic carbocycles. The van der Waals surface area contributed by atoms with Crippen LogP contribution < -0.4 is 10.1 Å². The molecule has 1 heterocycles. The van der Waals surface area contributed by atoms with Crippen molar-refractivity contribution in [2.24, 2.45) is 5.92 Å². The molecular formula is C23H22F3N3O3. The van der Waals surface area contributed by atoms with E-state index in [9.17, 15) is 28.3 Å². The van der Waals surface area contributed by atoms with Crippen molar-refractivity contribution in [2.45, 2.75) is 32.8 Å². The minimum atomic E-state index is -4.81. The fraction of sp³-hybridized carbons (Fsp3) is 0.304. The van der Waals surface area contributed by atoms with E-state index in [1.165, 1.54) is 18.2 Å². The minimum Gasteiger partial charge on any atom is -0.406 e. The topological polar surface area (TPSA) is 87.3 Å². The fourth-order valence-electron chi connectivity index (χ4n) is 3.39. The van der Waals surface area contributed by atoms with E-state index in [-0.39, 0.29) is 30.5 Å². The summed E-state index contributed by atoms with van der Waals surface area (Å²) in [7, 11) is 0. The SMILES string of the molecule is CC(C)C(CO)NC(=O)c1cc2cc(C#N)ccc2n1Cc1cccc(OC(F)(F)F)c1. The molecular weight excluding hydrogens is 423 g/mol. The molecule has 0 fully saturated rings. The lowest BCUT2D eigenvalue weighted by molar-refractivity contribution is -0.274. The maximum Gasteiger partial charge on any atom is 0.573 e. The van der Waals surface area contributed by atoms with Crippen LogP contribution in [-0.2, 0) is 6.54 Å². The van der Waals surface area contributed by atoms with E-state index in [2.05, 4.69) is 10.1 Å². The second-order valence-corrected chi connectivity index (χ2v) is 7.70. The first-order valence-corrected chi connectivity index (χ1v) is 9.91. The van der Waals surface area contributed by atoms with Gasteiger partial charge in [0.25, 0.3) is 5.91 Å². The van der Waals surface area contributed by atoms with E-state index in [1.54, 1.807) is 34.9 Å². The zero-order chi connectivity index (χ0) is 23.5. The van der Waals surface area contributed by atoms with Gasteiger partial charge < -0.3 is 19.7 Å². The standard InChI is InChI=1S/C23H22F3N3O3/c1-14(2)19(13-30)28-22(31)21-10-17-8-15(11-27)6-7-20(17)29(21)12-16-4-3-5-18(9-16)32-23(24,25)26/h3-10,14,19,30H,12-13H2,1-2H3,(H,28,31). The lowest BCUT2D eigenvalue weighted by atomic mass is 10.1. The number of rotatable bonds is 7. The van der Waals surface area contributed by atoms with E-state index in [4.69, 9.17) is 0 Å². The summed E-state index contributed by atoms with van der Waals surface area (Å²) in [5.74, 6) is -0.803. The molecule has 0 spiro atoms. The van der Waals surface area contributed by atoms with Gasteiger partial charge in [0, 0.05) is 17.4 Å². The minimum absolute atomic E-state index is 0.0110. The Labute approximate surface area is 182 Å². The summed E-state index contributed by atoms with van der Waals surface area (Å²) in [6.45, 7) is 3.59. The predicted molar refractivity (Wildman–Crippen MR) is 112 cm³/mol. The monoisotopic (exact) mass is 445 g/mol. The second kappa shape index (κ2) is 9.32. The average Bonchev–Trinajstić information content (AvgIpc) is 3.08. The molecule has 32 heavy (non-hydrogen) atoms. The van der Waals surface area contributed by atoms with Crippen molar-refractivity contribution >= 4 is 16.8 Å². The largest absolute Gasteiger partial charge is 0.573 e. The number of nitrogens with one attached hydrogen (secondary N) is 1. The Bertz CT molecular complexity index is 1160. The third-order valence-corrected chi connectivity index (χ3v) is 5.05. The summed E-state index contributed by atoms with van der Waals surface area (Å²) < 4.78 is 43.4. The van der Waals surface area contributed by atoms with Crippen LogP contribution in [0.5, 0.6) is 5.75 Å². The highest BCUT2D eigenvalue weighted by Gasteiger charge is 2.31. The molecule has 1 amide bonds. The van der Waals surface area contributed by atoms with Gasteiger partial charge >= 0.3 is 6.36 Å². The summed E-state index contributed by atoms with van der Waals surface area (Å²) in [6.07, 6.45) is -4.81. The number of halogens is 3. The second-order valence-electron chi connectivity index (χ2n) is 7.70. The number of nitrogens with zero attached hydrogens (tertiary/aromatic N) is 2. The van der Waals surface area contributed by atoms with Gasteiger partial charge in [0.05, 0.1) is 24.3 Å². The Balaban J connectivity index is 2.03. The molecule has 0 aliphatic carbocycles. The number of carbonyl (C=O) groups is 1. The quantitative estimate of drug-likeness (QED) is 0.571. The molecule has 0 aliphatic rings. The molecule has 0 bridgehead atoms. The number of alkyl halides is 3.